The first-order valence-electron chi connectivity index (χ1n) is 7.02. The molecule has 1 aromatic carbocycles. The van der Waals surface area contributed by atoms with Crippen molar-refractivity contribution in [2.75, 3.05) is 7.11 Å². The Morgan fingerprint density at radius 1 is 1.30 bits per heavy atom. The summed E-state index contributed by atoms with van der Waals surface area (Å²) in [7, 11) is -2.78. The number of carbonyl (C=O) groups is 2. The van der Waals surface area contributed by atoms with E-state index in [9.17, 15) is 18.0 Å². The maximum absolute atomic E-state index is 12.4. The van der Waals surface area contributed by atoms with Gasteiger partial charge in [-0.05, 0) is 43.0 Å². The molecule has 0 aromatic heterocycles. The number of hydrogen-bond donors (Lipinski definition) is 2. The Bertz CT molecular complexity index is 696. The van der Waals surface area contributed by atoms with E-state index in [2.05, 4.69) is 9.46 Å². The van der Waals surface area contributed by atoms with Gasteiger partial charge in [0.05, 0.1) is 17.6 Å². The van der Waals surface area contributed by atoms with Crippen molar-refractivity contribution in [3.8, 4) is 0 Å². The molecular weight excluding hydrogens is 322 g/mol. The fourth-order valence-corrected chi connectivity index (χ4v) is 3.55. The summed E-state index contributed by atoms with van der Waals surface area (Å²) in [5, 5.41) is 9.16. The highest BCUT2D eigenvalue weighted by Gasteiger charge is 2.27. The van der Waals surface area contributed by atoms with E-state index < -0.39 is 28.0 Å². The molecule has 2 N–H and O–H groups in total. The molecule has 0 saturated carbocycles. The van der Waals surface area contributed by atoms with Gasteiger partial charge >= 0.3 is 11.9 Å². The number of benzene rings is 1. The topological polar surface area (TPSA) is 110 Å². The molecule has 0 aliphatic heterocycles. The van der Waals surface area contributed by atoms with Gasteiger partial charge in [-0.1, -0.05) is 13.8 Å². The summed E-state index contributed by atoms with van der Waals surface area (Å²) in [4.78, 5) is 22.6. The lowest BCUT2D eigenvalue weighted by Gasteiger charge is -2.17. The normalized spacial score (nSPS) is 12.9. The lowest BCUT2D eigenvalue weighted by atomic mass is 10.1. The second kappa shape index (κ2) is 7.56. The van der Waals surface area contributed by atoms with Crippen LogP contribution in [0.25, 0.3) is 0 Å². The summed E-state index contributed by atoms with van der Waals surface area (Å²) in [5.74, 6) is -1.79. The van der Waals surface area contributed by atoms with E-state index in [1.54, 1.807) is 13.8 Å². The minimum atomic E-state index is -4.01. The Kier molecular flexibility index (Phi) is 6.28. The van der Waals surface area contributed by atoms with Crippen molar-refractivity contribution in [2.24, 2.45) is 5.92 Å². The zero-order valence-electron chi connectivity index (χ0n) is 13.5. The summed E-state index contributed by atoms with van der Waals surface area (Å²) in [6.45, 7) is 5.14. The van der Waals surface area contributed by atoms with Crippen LogP contribution >= 0.6 is 0 Å². The third kappa shape index (κ3) is 5.04. The smallest absolute Gasteiger partial charge is 0.337 e. The Morgan fingerprint density at radius 3 is 2.35 bits per heavy atom. The third-order valence-electron chi connectivity index (χ3n) is 3.19. The highest BCUT2D eigenvalue weighted by molar-refractivity contribution is 7.89. The monoisotopic (exact) mass is 343 g/mol. The predicted octanol–water partition coefficient (Wildman–Crippen LogP) is 1.56. The molecule has 0 heterocycles. The number of aryl methyl sites for hydroxylation is 1. The Hall–Kier alpha value is -1.93. The van der Waals surface area contributed by atoms with Crippen LogP contribution in [0, 0.1) is 12.8 Å². The quantitative estimate of drug-likeness (QED) is 0.727. The van der Waals surface area contributed by atoms with Gasteiger partial charge in [0.25, 0.3) is 0 Å². The molecule has 0 bridgehead atoms. The number of carboxylic acids is 1. The highest BCUT2D eigenvalue weighted by atomic mass is 32.2. The van der Waals surface area contributed by atoms with Crippen LogP contribution in [0.2, 0.25) is 0 Å². The fourth-order valence-electron chi connectivity index (χ4n) is 2.12. The van der Waals surface area contributed by atoms with Crippen molar-refractivity contribution in [1.29, 1.82) is 0 Å². The highest BCUT2D eigenvalue weighted by Crippen LogP contribution is 2.18. The van der Waals surface area contributed by atoms with Crippen LogP contribution in [0.1, 0.15) is 36.2 Å². The van der Waals surface area contributed by atoms with E-state index in [1.165, 1.54) is 32.2 Å². The number of hydrogen-bond acceptors (Lipinski definition) is 5. The van der Waals surface area contributed by atoms with E-state index in [4.69, 9.17) is 5.11 Å². The van der Waals surface area contributed by atoms with Crippen molar-refractivity contribution in [2.45, 2.75) is 38.1 Å². The van der Waals surface area contributed by atoms with Crippen LogP contribution in [0.5, 0.6) is 0 Å². The number of carboxylic acid groups (broad SMARTS) is 1. The molecule has 0 amide bonds. The molecule has 0 aliphatic carbocycles. The maximum Gasteiger partial charge on any atom is 0.337 e. The van der Waals surface area contributed by atoms with Crippen LogP contribution in [-0.4, -0.2) is 38.6 Å². The van der Waals surface area contributed by atoms with Gasteiger partial charge < -0.3 is 9.84 Å². The van der Waals surface area contributed by atoms with Crippen molar-refractivity contribution >= 4 is 22.0 Å². The van der Waals surface area contributed by atoms with E-state index in [0.717, 1.165) is 0 Å². The maximum atomic E-state index is 12.4. The number of aliphatic carboxylic acids is 1. The molecule has 8 heteroatoms. The molecule has 1 rings (SSSR count). The van der Waals surface area contributed by atoms with Crippen LogP contribution < -0.4 is 4.72 Å². The first kappa shape index (κ1) is 19.1. The molecule has 1 unspecified atom stereocenters. The first-order chi connectivity index (χ1) is 10.6. The third-order valence-corrected chi connectivity index (χ3v) is 4.82. The summed E-state index contributed by atoms with van der Waals surface area (Å²) in [6, 6.07) is 2.77. The molecule has 1 atom stereocenters. The Balaban J connectivity index is 3.13. The predicted molar refractivity (Wildman–Crippen MR) is 83.7 cm³/mol. The number of nitrogens with one attached hydrogen (secondary N) is 1. The minimum Gasteiger partial charge on any atom is -0.480 e. The second-order valence-corrected chi connectivity index (χ2v) is 7.30. The van der Waals surface area contributed by atoms with Gasteiger partial charge in [-0.15, -0.1) is 0 Å². The SMILES string of the molecule is COC(=O)c1ccc(S(=O)(=O)NC(CC(C)C)C(=O)O)c(C)c1. The molecule has 0 radical (unpaired) electrons. The lowest BCUT2D eigenvalue weighted by Crippen LogP contribution is -2.41. The van der Waals surface area contributed by atoms with Gasteiger partial charge in [0.15, 0.2) is 0 Å². The molecule has 0 saturated heterocycles. The summed E-state index contributed by atoms with van der Waals surface area (Å²) in [6.07, 6.45) is 0.174. The van der Waals surface area contributed by atoms with Crippen molar-refractivity contribution in [1.82, 2.24) is 4.72 Å². The molecule has 0 aliphatic rings. The Labute approximate surface area is 135 Å². The number of ether oxygens (including phenoxy) is 1. The average Bonchev–Trinajstić information content (AvgIpc) is 2.44. The fraction of sp³-hybridized carbons (Fsp3) is 0.467. The number of rotatable bonds is 7. The van der Waals surface area contributed by atoms with E-state index in [-0.39, 0.29) is 22.8 Å². The summed E-state index contributed by atoms with van der Waals surface area (Å²) in [5.41, 5.74) is 0.551. The average molecular weight is 343 g/mol. The van der Waals surface area contributed by atoms with Crippen molar-refractivity contribution in [3.05, 3.63) is 29.3 Å². The molecule has 1 aromatic rings. The van der Waals surface area contributed by atoms with Crippen LogP contribution in [-0.2, 0) is 19.6 Å². The minimum absolute atomic E-state index is 0.0154. The van der Waals surface area contributed by atoms with Gasteiger partial charge in [-0.25, -0.2) is 13.2 Å². The molecule has 7 nitrogen and oxygen atoms in total. The van der Waals surface area contributed by atoms with Gasteiger partial charge in [-0.3, -0.25) is 4.79 Å². The van der Waals surface area contributed by atoms with Crippen LogP contribution in [0.4, 0.5) is 0 Å². The molecule has 0 fully saturated rings. The van der Waals surface area contributed by atoms with Crippen molar-refractivity contribution in [3.63, 3.8) is 0 Å². The van der Waals surface area contributed by atoms with E-state index in [0.29, 0.717) is 5.56 Å². The van der Waals surface area contributed by atoms with E-state index >= 15 is 0 Å². The number of carbonyl (C=O) groups excluding carboxylic acids is 1. The number of esters is 1. The second-order valence-electron chi connectivity index (χ2n) is 5.61. The molecule has 128 valence electrons. The molecular formula is C15H21NO6S. The van der Waals surface area contributed by atoms with Crippen LogP contribution in [0.15, 0.2) is 23.1 Å². The van der Waals surface area contributed by atoms with E-state index in [1.807, 2.05) is 0 Å². The van der Waals surface area contributed by atoms with Gasteiger partial charge in [0.2, 0.25) is 10.0 Å². The van der Waals surface area contributed by atoms with Gasteiger partial charge in [0, 0.05) is 0 Å². The van der Waals surface area contributed by atoms with Crippen molar-refractivity contribution < 1.29 is 27.9 Å². The standard InChI is InChI=1S/C15H21NO6S/c1-9(2)7-12(14(17)18)16-23(20,21)13-6-5-11(8-10(13)3)15(19)22-4/h5-6,8-9,12,16H,7H2,1-4H3,(H,17,18). The number of sulfonamides is 1. The van der Waals surface area contributed by atoms with Gasteiger partial charge in [0.1, 0.15) is 6.04 Å². The first-order valence-corrected chi connectivity index (χ1v) is 8.51. The largest absolute Gasteiger partial charge is 0.480 e. The molecule has 23 heavy (non-hydrogen) atoms. The number of methoxy groups -OCH3 is 1. The van der Waals surface area contributed by atoms with Gasteiger partial charge in [-0.2, -0.15) is 4.72 Å². The van der Waals surface area contributed by atoms with Crippen LogP contribution in [0.3, 0.4) is 0 Å². The zero-order chi connectivity index (χ0) is 17.8. The lowest BCUT2D eigenvalue weighted by molar-refractivity contribution is -0.139. The summed E-state index contributed by atoms with van der Waals surface area (Å²) < 4.78 is 31.6. The summed E-state index contributed by atoms with van der Waals surface area (Å²) >= 11 is 0. The zero-order valence-corrected chi connectivity index (χ0v) is 14.3. The molecule has 0 spiro atoms. The Morgan fingerprint density at radius 2 is 1.91 bits per heavy atom.